The summed E-state index contributed by atoms with van der Waals surface area (Å²) in [6, 6.07) is 5.60. The Hall–Kier alpha value is -3.92. The van der Waals surface area contributed by atoms with Gasteiger partial charge in [0, 0.05) is 37.9 Å². The number of nitrogens with zero attached hydrogens (tertiary/aromatic N) is 4. The molecule has 1 N–H and O–H groups in total. The molecule has 0 unspecified atom stereocenters. The Morgan fingerprint density at radius 3 is 2.73 bits per heavy atom. The molecule has 1 spiro atoms. The van der Waals surface area contributed by atoms with Crippen LogP contribution in [-0.4, -0.2) is 72.0 Å². The van der Waals surface area contributed by atoms with Gasteiger partial charge in [0.15, 0.2) is 11.5 Å². The number of ether oxygens (including phenoxy) is 4. The van der Waals surface area contributed by atoms with Crippen LogP contribution in [0.1, 0.15) is 43.4 Å². The number of carbonyl (C=O) groups excluding carboxylic acids is 1. The van der Waals surface area contributed by atoms with Crippen LogP contribution in [0.5, 0.6) is 17.4 Å². The van der Waals surface area contributed by atoms with E-state index < -0.39 is 0 Å². The second kappa shape index (κ2) is 12.1. The molecule has 0 saturated carbocycles. The van der Waals surface area contributed by atoms with Gasteiger partial charge in [-0.3, -0.25) is 4.79 Å². The van der Waals surface area contributed by atoms with E-state index in [9.17, 15) is 4.79 Å². The molecule has 10 heteroatoms. The third kappa shape index (κ3) is 6.28. The highest BCUT2D eigenvalue weighted by Crippen LogP contribution is 2.39. The molecular formula is C30H37N5O5. The molecule has 2 aliphatic rings. The van der Waals surface area contributed by atoms with Gasteiger partial charge in [-0.25, -0.2) is 15.0 Å². The molecule has 10 nitrogen and oxygen atoms in total. The van der Waals surface area contributed by atoms with Gasteiger partial charge >= 0.3 is 0 Å². The molecule has 1 aromatic carbocycles. The van der Waals surface area contributed by atoms with Gasteiger partial charge in [-0.05, 0) is 62.6 Å². The zero-order chi connectivity index (χ0) is 28.1. The summed E-state index contributed by atoms with van der Waals surface area (Å²) in [4.78, 5) is 31.0. The van der Waals surface area contributed by atoms with E-state index in [1.165, 1.54) is 6.33 Å². The number of methoxy groups -OCH3 is 1. The van der Waals surface area contributed by atoms with Crippen LogP contribution in [0.2, 0.25) is 0 Å². The molecule has 0 aliphatic carbocycles. The minimum Gasteiger partial charge on any atom is -0.493 e. The third-order valence-corrected chi connectivity index (χ3v) is 7.73. The Labute approximate surface area is 234 Å². The number of aliphatic imine (C=N–C) groups is 1. The number of hydrogen-bond donors (Lipinski definition) is 1. The van der Waals surface area contributed by atoms with E-state index in [4.69, 9.17) is 18.9 Å². The summed E-state index contributed by atoms with van der Waals surface area (Å²) in [7, 11) is 1.58. The Morgan fingerprint density at radius 1 is 1.20 bits per heavy atom. The maximum Gasteiger partial charge on any atom is 0.230 e. The van der Waals surface area contributed by atoms with Crippen molar-refractivity contribution in [2.45, 2.75) is 46.0 Å². The number of H-pyrrole nitrogens is 1. The summed E-state index contributed by atoms with van der Waals surface area (Å²) in [5.74, 6) is 2.67. The molecule has 40 heavy (non-hydrogen) atoms. The number of aromatic amines is 1. The fourth-order valence-corrected chi connectivity index (χ4v) is 5.37. The van der Waals surface area contributed by atoms with Gasteiger partial charge < -0.3 is 28.8 Å². The SMILES string of the molecule is C=C(/C=N\c1[nH]c(C)cc1C)Oc1ncnc2cc(OCCCC(=O)N3CCC4(CCOC4)CC3)c(OC)cc12. The van der Waals surface area contributed by atoms with E-state index in [-0.39, 0.29) is 5.91 Å². The van der Waals surface area contributed by atoms with Crippen molar-refractivity contribution in [3.05, 3.63) is 48.1 Å². The Kier molecular flexibility index (Phi) is 8.35. The highest BCUT2D eigenvalue weighted by molar-refractivity contribution is 5.88. The van der Waals surface area contributed by atoms with Crippen LogP contribution in [0.25, 0.3) is 10.9 Å². The first kappa shape index (κ1) is 27.6. The number of carbonyl (C=O) groups is 1. The maximum absolute atomic E-state index is 12.7. The van der Waals surface area contributed by atoms with Crippen LogP contribution in [0.3, 0.4) is 0 Å². The number of piperidine rings is 1. The lowest BCUT2D eigenvalue weighted by molar-refractivity contribution is -0.133. The van der Waals surface area contributed by atoms with Crippen molar-refractivity contribution in [1.29, 1.82) is 0 Å². The smallest absolute Gasteiger partial charge is 0.230 e. The summed E-state index contributed by atoms with van der Waals surface area (Å²) in [6.07, 6.45) is 7.22. The maximum atomic E-state index is 12.7. The number of hydrogen-bond acceptors (Lipinski definition) is 8. The Balaban J connectivity index is 1.17. The molecule has 2 fully saturated rings. The summed E-state index contributed by atoms with van der Waals surface area (Å²) in [5.41, 5.74) is 3.00. The van der Waals surface area contributed by atoms with Gasteiger partial charge in [0.2, 0.25) is 11.8 Å². The standard InChI is InChI=1S/C30H37N5O5/c1-20-14-21(2)34-28(20)31-17-22(3)40-29-23-15-25(37-4)26(16-24(23)32-19-33-29)39-12-5-6-27(36)35-10-7-30(8-11-35)9-13-38-18-30/h14-17,19,34H,3,5-13,18H2,1-2,4H3/b31-17-. The van der Waals surface area contributed by atoms with Gasteiger partial charge in [-0.15, -0.1) is 0 Å². The number of amides is 1. The summed E-state index contributed by atoms with van der Waals surface area (Å²) in [5, 5.41) is 0.652. The third-order valence-electron chi connectivity index (χ3n) is 7.73. The lowest BCUT2D eigenvalue weighted by Crippen LogP contribution is -2.43. The van der Waals surface area contributed by atoms with Crippen molar-refractivity contribution in [2.24, 2.45) is 10.4 Å². The molecule has 212 valence electrons. The molecule has 0 bridgehead atoms. The lowest BCUT2D eigenvalue weighted by atomic mass is 9.78. The molecule has 0 atom stereocenters. The first-order valence-electron chi connectivity index (χ1n) is 13.7. The molecule has 4 heterocycles. The van der Waals surface area contributed by atoms with Gasteiger partial charge in [0.05, 0.1) is 37.4 Å². The van der Waals surface area contributed by atoms with E-state index in [1.54, 1.807) is 25.5 Å². The van der Waals surface area contributed by atoms with Crippen LogP contribution in [0.15, 0.2) is 41.9 Å². The van der Waals surface area contributed by atoms with Crippen molar-refractivity contribution < 1.29 is 23.7 Å². The van der Waals surface area contributed by atoms with Crippen molar-refractivity contribution in [1.82, 2.24) is 19.9 Å². The van der Waals surface area contributed by atoms with Gasteiger partial charge in [-0.2, -0.15) is 0 Å². The van der Waals surface area contributed by atoms with Crippen molar-refractivity contribution >= 4 is 28.8 Å². The van der Waals surface area contributed by atoms with E-state index in [0.29, 0.717) is 58.9 Å². The lowest BCUT2D eigenvalue weighted by Gasteiger charge is -2.38. The van der Waals surface area contributed by atoms with Crippen LogP contribution >= 0.6 is 0 Å². The first-order chi connectivity index (χ1) is 19.4. The normalized spacial score (nSPS) is 16.6. The summed E-state index contributed by atoms with van der Waals surface area (Å²) < 4.78 is 23.1. The zero-order valence-electron chi connectivity index (χ0n) is 23.5. The number of fused-ring (bicyclic) bond motifs is 1. The fraction of sp³-hybridized carbons (Fsp3) is 0.467. The van der Waals surface area contributed by atoms with Crippen molar-refractivity contribution in [3.63, 3.8) is 0 Å². The van der Waals surface area contributed by atoms with Crippen LogP contribution in [-0.2, 0) is 9.53 Å². The number of nitrogens with one attached hydrogen (secondary N) is 1. The average molecular weight is 548 g/mol. The molecule has 2 aliphatic heterocycles. The quantitative estimate of drug-likeness (QED) is 0.214. The highest BCUT2D eigenvalue weighted by Gasteiger charge is 2.38. The van der Waals surface area contributed by atoms with Gasteiger partial charge in [-0.1, -0.05) is 6.58 Å². The number of allylic oxidation sites excluding steroid dienone is 1. The molecule has 3 aromatic rings. The molecular weight excluding hydrogens is 510 g/mol. The predicted molar refractivity (Wildman–Crippen MR) is 153 cm³/mol. The number of likely N-dealkylation sites (tertiary alicyclic amines) is 1. The van der Waals surface area contributed by atoms with E-state index in [2.05, 4.69) is 26.5 Å². The number of benzene rings is 1. The second-order valence-corrected chi connectivity index (χ2v) is 10.6. The minimum atomic E-state index is 0.183. The topological polar surface area (TPSA) is 111 Å². The molecule has 0 radical (unpaired) electrons. The van der Waals surface area contributed by atoms with Crippen LogP contribution in [0.4, 0.5) is 5.82 Å². The summed E-state index contributed by atoms with van der Waals surface area (Å²) >= 11 is 0. The Morgan fingerprint density at radius 2 is 2.02 bits per heavy atom. The van der Waals surface area contributed by atoms with E-state index >= 15 is 0 Å². The van der Waals surface area contributed by atoms with Crippen molar-refractivity contribution in [3.8, 4) is 17.4 Å². The second-order valence-electron chi connectivity index (χ2n) is 10.6. The van der Waals surface area contributed by atoms with Crippen LogP contribution < -0.4 is 14.2 Å². The number of aromatic nitrogens is 3. The van der Waals surface area contributed by atoms with Gasteiger partial charge in [0.25, 0.3) is 0 Å². The zero-order valence-corrected chi connectivity index (χ0v) is 23.5. The first-order valence-corrected chi connectivity index (χ1v) is 13.7. The van der Waals surface area contributed by atoms with Crippen LogP contribution in [0, 0.1) is 19.3 Å². The average Bonchev–Trinajstić information content (AvgIpc) is 3.54. The molecule has 1 amide bonds. The fourth-order valence-electron chi connectivity index (χ4n) is 5.37. The summed E-state index contributed by atoms with van der Waals surface area (Å²) in [6.45, 7) is 11.6. The Bertz CT molecular complexity index is 1400. The molecule has 5 rings (SSSR count). The minimum absolute atomic E-state index is 0.183. The number of rotatable bonds is 10. The largest absolute Gasteiger partial charge is 0.493 e. The molecule has 2 aromatic heterocycles. The number of aryl methyl sites for hydroxylation is 2. The van der Waals surface area contributed by atoms with E-state index in [0.717, 1.165) is 62.6 Å². The molecule has 2 saturated heterocycles. The van der Waals surface area contributed by atoms with Gasteiger partial charge in [0.1, 0.15) is 17.9 Å². The predicted octanol–water partition coefficient (Wildman–Crippen LogP) is 5.07. The van der Waals surface area contributed by atoms with E-state index in [1.807, 2.05) is 24.8 Å². The monoisotopic (exact) mass is 547 g/mol. The van der Waals surface area contributed by atoms with Crippen molar-refractivity contribution in [2.75, 3.05) is 40.0 Å². The highest BCUT2D eigenvalue weighted by atomic mass is 16.5.